The van der Waals surface area contributed by atoms with Gasteiger partial charge in [-0.2, -0.15) is 0 Å². The van der Waals surface area contributed by atoms with E-state index in [1.54, 1.807) is 31.2 Å². The summed E-state index contributed by atoms with van der Waals surface area (Å²) in [6, 6.07) is 9.26. The lowest BCUT2D eigenvalue weighted by atomic mass is 9.96. The molecular formula is C20H22FN3O4. The molecule has 0 spiro atoms. The minimum absolute atomic E-state index is 0.166. The Labute approximate surface area is 162 Å². The highest BCUT2D eigenvalue weighted by Gasteiger charge is 2.29. The van der Waals surface area contributed by atoms with Crippen LogP contribution in [-0.2, 0) is 9.53 Å². The molecule has 3 rings (SSSR count). The number of benzene rings is 1. The molecule has 1 aliphatic heterocycles. The van der Waals surface area contributed by atoms with Gasteiger partial charge in [0.05, 0.1) is 18.6 Å². The fourth-order valence-electron chi connectivity index (χ4n) is 3.20. The molecule has 2 aromatic rings. The number of aryl methyl sites for hydroxylation is 1. The topological polar surface area (TPSA) is 84.2 Å². The van der Waals surface area contributed by atoms with Gasteiger partial charge < -0.3 is 19.6 Å². The van der Waals surface area contributed by atoms with Crippen LogP contribution >= 0.6 is 0 Å². The summed E-state index contributed by atoms with van der Waals surface area (Å²) in [6.07, 6.45) is 1.18. The molecule has 1 aromatic heterocycles. The number of oxime groups is 1. The zero-order valence-corrected chi connectivity index (χ0v) is 15.8. The molecule has 28 heavy (non-hydrogen) atoms. The fraction of sp³-hybridized carbons (Fsp3) is 0.350. The highest BCUT2D eigenvalue weighted by atomic mass is 19.1. The van der Waals surface area contributed by atoms with Crippen molar-refractivity contribution < 1.29 is 23.9 Å². The highest BCUT2D eigenvalue weighted by Crippen LogP contribution is 2.28. The van der Waals surface area contributed by atoms with Crippen LogP contribution in [0.2, 0.25) is 0 Å². The van der Waals surface area contributed by atoms with Gasteiger partial charge in [-0.05, 0) is 44.0 Å². The van der Waals surface area contributed by atoms with E-state index in [0.717, 1.165) is 0 Å². The molecule has 0 bridgehead atoms. The molecule has 8 heteroatoms. The number of pyridine rings is 1. The number of carbonyl (C=O) groups excluding carboxylic acids is 1. The lowest BCUT2D eigenvalue weighted by Gasteiger charge is -2.32. The quantitative estimate of drug-likeness (QED) is 0.285. The maximum absolute atomic E-state index is 13.5. The van der Waals surface area contributed by atoms with Gasteiger partial charge >= 0.3 is 5.97 Å². The summed E-state index contributed by atoms with van der Waals surface area (Å²) in [5.74, 6) is -0.0148. The molecule has 1 saturated heterocycles. The van der Waals surface area contributed by atoms with E-state index in [1.165, 1.54) is 19.2 Å². The van der Waals surface area contributed by atoms with E-state index in [4.69, 9.17) is 9.47 Å². The van der Waals surface area contributed by atoms with Gasteiger partial charge in [0.2, 0.25) is 5.88 Å². The first-order valence-electron chi connectivity index (χ1n) is 8.98. The van der Waals surface area contributed by atoms with Crippen molar-refractivity contribution in [3.63, 3.8) is 0 Å². The molecular weight excluding hydrogens is 365 g/mol. The predicted octanol–water partition coefficient (Wildman–Crippen LogP) is 3.34. The summed E-state index contributed by atoms with van der Waals surface area (Å²) < 4.78 is 24.1. The Bertz CT molecular complexity index is 880. The summed E-state index contributed by atoms with van der Waals surface area (Å²) in [5.41, 5.74) is 1.19. The predicted molar refractivity (Wildman–Crippen MR) is 100 cm³/mol. The van der Waals surface area contributed by atoms with Crippen molar-refractivity contribution >= 4 is 11.8 Å². The van der Waals surface area contributed by atoms with Gasteiger partial charge in [0.1, 0.15) is 11.6 Å². The molecule has 1 fully saturated rings. The normalized spacial score (nSPS) is 15.4. The van der Waals surface area contributed by atoms with Crippen molar-refractivity contribution in [2.45, 2.75) is 19.8 Å². The molecule has 0 unspecified atom stereocenters. The molecule has 1 aliphatic rings. The van der Waals surface area contributed by atoms with E-state index in [0.29, 0.717) is 48.8 Å². The molecule has 0 aliphatic carbocycles. The number of ether oxygens (including phenoxy) is 2. The maximum Gasteiger partial charge on any atom is 0.308 e. The molecule has 1 aromatic carbocycles. The van der Waals surface area contributed by atoms with Gasteiger partial charge in [0.25, 0.3) is 0 Å². The number of likely N-dealkylation sites (tertiary alicyclic amines) is 1. The Morgan fingerprint density at radius 3 is 2.68 bits per heavy atom. The van der Waals surface area contributed by atoms with Crippen LogP contribution in [0.3, 0.4) is 0 Å². The Balaban J connectivity index is 1.84. The fourth-order valence-corrected chi connectivity index (χ4v) is 3.20. The zero-order chi connectivity index (χ0) is 20.1. The number of nitrogens with zero attached hydrogens (tertiary/aromatic N) is 3. The minimum atomic E-state index is -0.423. The number of halogens is 1. The van der Waals surface area contributed by atoms with Crippen molar-refractivity contribution in [2.75, 3.05) is 20.2 Å². The zero-order valence-electron chi connectivity index (χ0n) is 15.8. The number of hydrogen-bond acceptors (Lipinski definition) is 6. The van der Waals surface area contributed by atoms with Gasteiger partial charge in [-0.25, -0.2) is 9.37 Å². The van der Waals surface area contributed by atoms with Gasteiger partial charge in [-0.3, -0.25) is 4.79 Å². The molecule has 7 nitrogen and oxygen atoms in total. The Kier molecular flexibility index (Phi) is 6.08. The molecule has 0 atom stereocenters. The van der Waals surface area contributed by atoms with Gasteiger partial charge in [-0.15, -0.1) is 0 Å². The van der Waals surface area contributed by atoms with Crippen molar-refractivity contribution in [1.82, 2.24) is 9.88 Å². The summed E-state index contributed by atoms with van der Waals surface area (Å²) >= 11 is 0. The van der Waals surface area contributed by atoms with E-state index in [9.17, 15) is 14.4 Å². The number of carbonyl (C=O) groups is 1. The monoisotopic (exact) mass is 387 g/mol. The number of rotatable bonds is 4. The molecule has 2 heterocycles. The van der Waals surface area contributed by atoms with E-state index >= 15 is 0 Å². The van der Waals surface area contributed by atoms with Crippen LogP contribution in [0.5, 0.6) is 11.6 Å². The number of hydrogen-bond donors (Lipinski definition) is 1. The van der Waals surface area contributed by atoms with Crippen molar-refractivity contribution in [2.24, 2.45) is 11.1 Å². The van der Waals surface area contributed by atoms with Crippen LogP contribution in [-0.4, -0.2) is 47.1 Å². The number of piperidine rings is 1. The van der Waals surface area contributed by atoms with E-state index in [1.807, 2.05) is 4.90 Å². The lowest BCUT2D eigenvalue weighted by molar-refractivity contribution is -0.146. The van der Waals surface area contributed by atoms with Crippen molar-refractivity contribution in [3.8, 4) is 11.6 Å². The van der Waals surface area contributed by atoms with Crippen LogP contribution in [0.1, 0.15) is 24.1 Å². The SMILES string of the molecule is COC(=O)C1CCN(/C(=N\O)c2ccc(C)nc2Oc2cccc(F)c2)CC1. The third-order valence-corrected chi connectivity index (χ3v) is 4.67. The van der Waals surface area contributed by atoms with Crippen molar-refractivity contribution in [1.29, 1.82) is 0 Å². The van der Waals surface area contributed by atoms with Crippen molar-refractivity contribution in [3.05, 3.63) is 53.5 Å². The number of aromatic nitrogens is 1. The van der Waals surface area contributed by atoms with Gasteiger partial charge in [0.15, 0.2) is 5.84 Å². The van der Waals surface area contributed by atoms with Crippen LogP contribution < -0.4 is 4.74 Å². The maximum atomic E-state index is 13.5. The average Bonchev–Trinajstić information content (AvgIpc) is 2.70. The van der Waals surface area contributed by atoms with Gasteiger partial charge in [-0.1, -0.05) is 11.2 Å². The first-order valence-corrected chi connectivity index (χ1v) is 8.98. The van der Waals surface area contributed by atoms with Crippen LogP contribution in [0.15, 0.2) is 41.6 Å². The van der Waals surface area contributed by atoms with E-state index < -0.39 is 5.82 Å². The molecule has 148 valence electrons. The average molecular weight is 387 g/mol. The third-order valence-electron chi connectivity index (χ3n) is 4.67. The second-order valence-electron chi connectivity index (χ2n) is 6.57. The number of amidine groups is 1. The van der Waals surface area contributed by atoms with Crippen LogP contribution in [0.25, 0.3) is 0 Å². The first kappa shape index (κ1) is 19.6. The first-order chi connectivity index (χ1) is 13.5. The Morgan fingerprint density at radius 1 is 1.29 bits per heavy atom. The summed E-state index contributed by atoms with van der Waals surface area (Å²) in [5, 5.41) is 13.1. The largest absolute Gasteiger partial charge is 0.469 e. The Morgan fingerprint density at radius 2 is 2.04 bits per heavy atom. The summed E-state index contributed by atoms with van der Waals surface area (Å²) in [6.45, 7) is 2.85. The second-order valence-corrected chi connectivity index (χ2v) is 6.57. The minimum Gasteiger partial charge on any atom is -0.469 e. The van der Waals surface area contributed by atoms with E-state index in [-0.39, 0.29) is 17.8 Å². The smallest absolute Gasteiger partial charge is 0.308 e. The summed E-state index contributed by atoms with van der Waals surface area (Å²) in [4.78, 5) is 18.0. The summed E-state index contributed by atoms with van der Waals surface area (Å²) in [7, 11) is 1.38. The lowest BCUT2D eigenvalue weighted by Crippen LogP contribution is -2.41. The molecule has 0 radical (unpaired) electrons. The Hall–Kier alpha value is -3.16. The molecule has 1 N–H and O–H groups in total. The second kappa shape index (κ2) is 8.69. The number of esters is 1. The van der Waals surface area contributed by atoms with Crippen LogP contribution in [0, 0.1) is 18.7 Å². The van der Waals surface area contributed by atoms with Gasteiger partial charge in [0, 0.05) is 24.8 Å². The molecule has 0 amide bonds. The van der Waals surface area contributed by atoms with E-state index in [2.05, 4.69) is 10.1 Å². The third kappa shape index (κ3) is 4.39. The molecule has 0 saturated carbocycles. The van der Waals surface area contributed by atoms with Crippen LogP contribution in [0.4, 0.5) is 4.39 Å². The highest BCUT2D eigenvalue weighted by molar-refractivity contribution is 6.00. The number of methoxy groups -OCH3 is 1. The standard InChI is InChI=1S/C20H22FN3O4/c1-13-6-7-17(19(22-13)28-16-5-3-4-15(21)12-16)18(23-26)24-10-8-14(9-11-24)20(25)27-2/h3-7,12,14,26H,8-11H2,1-2H3/b23-18-.